The molecule has 1 aromatic heterocycles. The summed E-state index contributed by atoms with van der Waals surface area (Å²) in [5.74, 6) is 0.104. The Balaban J connectivity index is 2.59. The Kier molecular flexibility index (Phi) is 2.49. The van der Waals surface area contributed by atoms with Gasteiger partial charge < -0.3 is 5.11 Å². The molecule has 0 bridgehead atoms. The standard InChI is InChI=1S/C12H13NOS/c1-7-4-5-10(9(3)8(7)2)12-13-11(14)6-15-12/h4-6,14H,1-3H3. The Morgan fingerprint density at radius 2 is 1.87 bits per heavy atom. The molecule has 78 valence electrons. The van der Waals surface area contributed by atoms with Gasteiger partial charge in [0.15, 0.2) is 0 Å². The second-order valence-electron chi connectivity index (χ2n) is 3.69. The number of benzene rings is 1. The zero-order valence-corrected chi connectivity index (χ0v) is 9.85. The third-order valence-electron chi connectivity index (χ3n) is 2.78. The lowest BCUT2D eigenvalue weighted by atomic mass is 9.99. The smallest absolute Gasteiger partial charge is 0.222 e. The quantitative estimate of drug-likeness (QED) is 0.797. The van der Waals surface area contributed by atoms with Gasteiger partial charge in [0.1, 0.15) is 5.01 Å². The fraction of sp³-hybridized carbons (Fsp3) is 0.250. The number of hydrogen-bond donors (Lipinski definition) is 1. The second-order valence-corrected chi connectivity index (χ2v) is 4.55. The first kappa shape index (κ1) is 10.2. The van der Waals surface area contributed by atoms with E-state index in [0.717, 1.165) is 10.6 Å². The Morgan fingerprint density at radius 1 is 1.13 bits per heavy atom. The van der Waals surface area contributed by atoms with Gasteiger partial charge in [0.05, 0.1) is 5.38 Å². The molecule has 1 aromatic carbocycles. The largest absolute Gasteiger partial charge is 0.493 e. The van der Waals surface area contributed by atoms with E-state index in [1.165, 1.54) is 28.0 Å². The Hall–Kier alpha value is -1.35. The number of rotatable bonds is 1. The van der Waals surface area contributed by atoms with E-state index < -0.39 is 0 Å². The summed E-state index contributed by atoms with van der Waals surface area (Å²) < 4.78 is 0. The number of aromatic nitrogens is 1. The minimum atomic E-state index is 0.104. The van der Waals surface area contributed by atoms with Crippen LogP contribution in [0.15, 0.2) is 17.5 Å². The number of aromatic hydroxyl groups is 1. The minimum absolute atomic E-state index is 0.104. The average molecular weight is 219 g/mol. The van der Waals surface area contributed by atoms with Gasteiger partial charge in [0, 0.05) is 5.56 Å². The highest BCUT2D eigenvalue weighted by molar-refractivity contribution is 7.13. The summed E-state index contributed by atoms with van der Waals surface area (Å²) in [7, 11) is 0. The molecule has 0 aliphatic carbocycles. The molecule has 0 fully saturated rings. The van der Waals surface area contributed by atoms with Gasteiger partial charge in [-0.3, -0.25) is 0 Å². The maximum Gasteiger partial charge on any atom is 0.222 e. The summed E-state index contributed by atoms with van der Waals surface area (Å²) >= 11 is 1.47. The van der Waals surface area contributed by atoms with Crippen molar-refractivity contribution in [1.29, 1.82) is 0 Å². The number of aryl methyl sites for hydroxylation is 1. The van der Waals surface area contributed by atoms with Crippen molar-refractivity contribution >= 4 is 11.3 Å². The van der Waals surface area contributed by atoms with Gasteiger partial charge in [0.2, 0.25) is 5.88 Å². The number of nitrogens with zero attached hydrogens (tertiary/aromatic N) is 1. The molecule has 2 rings (SSSR count). The third kappa shape index (κ3) is 1.75. The van der Waals surface area contributed by atoms with Crippen LogP contribution in [-0.2, 0) is 0 Å². The van der Waals surface area contributed by atoms with Crippen molar-refractivity contribution in [2.24, 2.45) is 0 Å². The lowest BCUT2D eigenvalue weighted by Crippen LogP contribution is -1.90. The van der Waals surface area contributed by atoms with E-state index in [2.05, 4.69) is 37.9 Å². The number of thiazole rings is 1. The van der Waals surface area contributed by atoms with E-state index in [0.29, 0.717) is 0 Å². The highest BCUT2D eigenvalue weighted by Crippen LogP contribution is 2.31. The molecule has 0 spiro atoms. The van der Waals surface area contributed by atoms with E-state index in [4.69, 9.17) is 0 Å². The molecule has 0 radical (unpaired) electrons. The van der Waals surface area contributed by atoms with Crippen molar-refractivity contribution in [1.82, 2.24) is 4.98 Å². The van der Waals surface area contributed by atoms with E-state index in [9.17, 15) is 5.11 Å². The first-order valence-electron chi connectivity index (χ1n) is 4.81. The molecular weight excluding hydrogens is 206 g/mol. The molecule has 0 saturated carbocycles. The Labute approximate surface area is 93.2 Å². The molecule has 0 amide bonds. The van der Waals surface area contributed by atoms with Crippen molar-refractivity contribution in [2.75, 3.05) is 0 Å². The van der Waals surface area contributed by atoms with Crippen molar-refractivity contribution < 1.29 is 5.11 Å². The van der Waals surface area contributed by atoms with Crippen molar-refractivity contribution in [3.63, 3.8) is 0 Å². The molecule has 2 aromatic rings. The predicted octanol–water partition coefficient (Wildman–Crippen LogP) is 3.44. The van der Waals surface area contributed by atoms with Crippen molar-refractivity contribution in [3.8, 4) is 16.5 Å². The van der Waals surface area contributed by atoms with Crippen LogP contribution in [0.3, 0.4) is 0 Å². The van der Waals surface area contributed by atoms with Gasteiger partial charge in [-0.1, -0.05) is 12.1 Å². The van der Waals surface area contributed by atoms with Crippen LogP contribution in [0.2, 0.25) is 0 Å². The van der Waals surface area contributed by atoms with Crippen LogP contribution in [0.1, 0.15) is 16.7 Å². The second kappa shape index (κ2) is 3.66. The van der Waals surface area contributed by atoms with Crippen LogP contribution < -0.4 is 0 Å². The van der Waals surface area contributed by atoms with Crippen LogP contribution in [-0.4, -0.2) is 10.1 Å². The van der Waals surface area contributed by atoms with Crippen LogP contribution in [0.25, 0.3) is 10.6 Å². The van der Waals surface area contributed by atoms with Crippen molar-refractivity contribution in [2.45, 2.75) is 20.8 Å². The normalized spacial score (nSPS) is 10.6. The first-order chi connectivity index (χ1) is 7.09. The lowest BCUT2D eigenvalue weighted by Gasteiger charge is -2.08. The summed E-state index contributed by atoms with van der Waals surface area (Å²) in [5, 5.41) is 11.8. The molecule has 2 nitrogen and oxygen atoms in total. The van der Waals surface area contributed by atoms with Crippen molar-refractivity contribution in [3.05, 3.63) is 34.2 Å². The SMILES string of the molecule is Cc1ccc(-c2nc(O)cs2)c(C)c1C. The van der Waals surface area contributed by atoms with E-state index in [1.807, 2.05) is 0 Å². The average Bonchev–Trinajstić information content (AvgIpc) is 2.61. The summed E-state index contributed by atoms with van der Waals surface area (Å²) in [4.78, 5) is 4.09. The summed E-state index contributed by atoms with van der Waals surface area (Å²) in [6.07, 6.45) is 0. The predicted molar refractivity (Wildman–Crippen MR) is 63.4 cm³/mol. The molecule has 0 saturated heterocycles. The highest BCUT2D eigenvalue weighted by atomic mass is 32.1. The van der Waals surface area contributed by atoms with Gasteiger partial charge in [0.25, 0.3) is 0 Å². The summed E-state index contributed by atoms with van der Waals surface area (Å²) in [6, 6.07) is 4.16. The van der Waals surface area contributed by atoms with Gasteiger partial charge in [-0.2, -0.15) is 0 Å². The van der Waals surface area contributed by atoms with Crippen LogP contribution in [0.4, 0.5) is 0 Å². The minimum Gasteiger partial charge on any atom is -0.493 e. The molecular formula is C12H13NOS. The zero-order valence-electron chi connectivity index (χ0n) is 9.03. The highest BCUT2D eigenvalue weighted by Gasteiger charge is 2.09. The van der Waals surface area contributed by atoms with E-state index >= 15 is 0 Å². The fourth-order valence-electron chi connectivity index (χ4n) is 1.58. The summed E-state index contributed by atoms with van der Waals surface area (Å²) in [6.45, 7) is 6.31. The van der Waals surface area contributed by atoms with Gasteiger partial charge in [-0.25, -0.2) is 4.98 Å². The molecule has 0 aliphatic heterocycles. The molecule has 3 heteroatoms. The van der Waals surface area contributed by atoms with E-state index in [1.54, 1.807) is 5.38 Å². The number of hydrogen-bond acceptors (Lipinski definition) is 3. The van der Waals surface area contributed by atoms with Gasteiger partial charge >= 0.3 is 0 Å². The first-order valence-corrected chi connectivity index (χ1v) is 5.69. The van der Waals surface area contributed by atoms with Crippen LogP contribution in [0, 0.1) is 20.8 Å². The van der Waals surface area contributed by atoms with Crippen LogP contribution >= 0.6 is 11.3 Å². The van der Waals surface area contributed by atoms with Crippen LogP contribution in [0.5, 0.6) is 5.88 Å². The van der Waals surface area contributed by atoms with Gasteiger partial charge in [-0.05, 0) is 37.5 Å². The topological polar surface area (TPSA) is 33.1 Å². The lowest BCUT2D eigenvalue weighted by molar-refractivity contribution is 0.458. The Morgan fingerprint density at radius 3 is 2.47 bits per heavy atom. The molecule has 0 atom stereocenters. The summed E-state index contributed by atoms with van der Waals surface area (Å²) in [5.41, 5.74) is 4.94. The molecule has 0 unspecified atom stereocenters. The monoisotopic (exact) mass is 219 g/mol. The molecule has 15 heavy (non-hydrogen) atoms. The maximum absolute atomic E-state index is 9.23. The fourth-order valence-corrected chi connectivity index (χ4v) is 2.34. The maximum atomic E-state index is 9.23. The molecule has 1 N–H and O–H groups in total. The molecule has 0 aliphatic rings. The molecule has 1 heterocycles. The third-order valence-corrected chi connectivity index (χ3v) is 3.64. The van der Waals surface area contributed by atoms with E-state index in [-0.39, 0.29) is 5.88 Å². The van der Waals surface area contributed by atoms with Gasteiger partial charge in [-0.15, -0.1) is 11.3 Å². The zero-order chi connectivity index (χ0) is 11.0. The Bertz CT molecular complexity index is 502.